The molecule has 0 heteroatoms. The van der Waals surface area contributed by atoms with Gasteiger partial charge in [-0.15, -0.1) is 0 Å². The number of aryl methyl sites for hydroxylation is 2. The van der Waals surface area contributed by atoms with Crippen molar-refractivity contribution in [3.8, 4) is 0 Å². The van der Waals surface area contributed by atoms with E-state index in [2.05, 4.69) is 77.3 Å². The Morgan fingerprint density at radius 3 is 2.48 bits per heavy atom. The smallest absolute Gasteiger partial charge is 0.00871 e. The maximum atomic E-state index is 4.40. The summed E-state index contributed by atoms with van der Waals surface area (Å²) in [7, 11) is 0. The lowest BCUT2D eigenvalue weighted by atomic mass is 9.72. The normalized spacial score (nSPS) is 21.9. The van der Waals surface area contributed by atoms with E-state index in [-0.39, 0.29) is 0 Å². The highest BCUT2D eigenvalue weighted by molar-refractivity contribution is 5.40. The van der Waals surface area contributed by atoms with Crippen LogP contribution in [0.4, 0.5) is 0 Å². The van der Waals surface area contributed by atoms with Gasteiger partial charge in [0.1, 0.15) is 0 Å². The predicted molar refractivity (Wildman–Crippen MR) is 112 cm³/mol. The van der Waals surface area contributed by atoms with Crippen LogP contribution in [0, 0.1) is 18.8 Å². The maximum Gasteiger partial charge on any atom is 0.00871 e. The van der Waals surface area contributed by atoms with Crippen molar-refractivity contribution in [1.82, 2.24) is 0 Å². The zero-order valence-electron chi connectivity index (χ0n) is 16.6. The Morgan fingerprint density at radius 2 is 1.88 bits per heavy atom. The molecule has 0 spiro atoms. The van der Waals surface area contributed by atoms with Crippen molar-refractivity contribution in [1.29, 1.82) is 0 Å². The van der Waals surface area contributed by atoms with Crippen LogP contribution in [-0.2, 0) is 6.42 Å². The topological polar surface area (TPSA) is 0 Å². The first-order valence-corrected chi connectivity index (χ1v) is 9.66. The Labute approximate surface area is 155 Å². The van der Waals surface area contributed by atoms with Gasteiger partial charge in [0.05, 0.1) is 0 Å². The van der Waals surface area contributed by atoms with Gasteiger partial charge in [0, 0.05) is 5.92 Å². The molecular formula is C25H34. The van der Waals surface area contributed by atoms with Crippen molar-refractivity contribution in [2.45, 2.75) is 59.8 Å². The van der Waals surface area contributed by atoms with Crippen molar-refractivity contribution in [2.24, 2.45) is 11.8 Å². The highest BCUT2D eigenvalue weighted by Crippen LogP contribution is 2.40. The molecule has 0 N–H and O–H groups in total. The summed E-state index contributed by atoms with van der Waals surface area (Å²) in [6.45, 7) is 17.4. The van der Waals surface area contributed by atoms with Gasteiger partial charge in [0.25, 0.3) is 0 Å². The minimum atomic E-state index is 0.484. The Bertz CT molecular complexity index is 666. The Morgan fingerprint density at radius 1 is 1.20 bits per heavy atom. The van der Waals surface area contributed by atoms with Crippen molar-refractivity contribution in [3.63, 3.8) is 0 Å². The van der Waals surface area contributed by atoms with Gasteiger partial charge >= 0.3 is 0 Å². The van der Waals surface area contributed by atoms with Gasteiger partial charge in [-0.05, 0) is 69.9 Å². The van der Waals surface area contributed by atoms with Crippen LogP contribution in [-0.4, -0.2) is 0 Å². The average Bonchev–Trinajstić information content (AvgIpc) is 2.56. The fraction of sp³-hybridized carbons (Fsp3) is 0.440. The first-order valence-electron chi connectivity index (χ1n) is 9.66. The lowest BCUT2D eigenvalue weighted by Gasteiger charge is -2.32. The van der Waals surface area contributed by atoms with Crippen LogP contribution >= 0.6 is 0 Å². The summed E-state index contributed by atoms with van der Waals surface area (Å²) in [6, 6.07) is 8.91. The first kappa shape index (κ1) is 19.5. The lowest BCUT2D eigenvalue weighted by Crippen LogP contribution is -2.19. The highest BCUT2D eigenvalue weighted by atomic mass is 14.3. The molecule has 0 aliphatic heterocycles. The Balaban J connectivity index is 1.95. The van der Waals surface area contributed by atoms with Crippen LogP contribution < -0.4 is 0 Å². The van der Waals surface area contributed by atoms with Crippen LogP contribution in [0.5, 0.6) is 0 Å². The fourth-order valence-corrected chi connectivity index (χ4v) is 3.98. The molecule has 0 radical (unpaired) electrons. The quantitative estimate of drug-likeness (QED) is 0.457. The molecule has 1 aliphatic carbocycles. The summed E-state index contributed by atoms with van der Waals surface area (Å²) < 4.78 is 0. The van der Waals surface area contributed by atoms with Crippen LogP contribution in [0.3, 0.4) is 0 Å². The standard InChI is InChI=1S/C25H34/c1-7-23-21(6)13-16-24(18(2)3)25(23)17-20(5)9-8-10-22-14-11-19(4)12-15-22/h7,11-12,14-16,21,25H,2,5,8-10,13,17H2,1,3-4,6H3/b23-7+. The number of hydrogen-bond donors (Lipinski definition) is 0. The molecule has 2 unspecified atom stereocenters. The van der Waals surface area contributed by atoms with E-state index in [1.54, 1.807) is 5.57 Å². The first-order chi connectivity index (χ1) is 11.9. The zero-order chi connectivity index (χ0) is 18.4. The molecule has 0 aromatic heterocycles. The highest BCUT2D eigenvalue weighted by Gasteiger charge is 2.27. The van der Waals surface area contributed by atoms with Crippen molar-refractivity contribution >= 4 is 0 Å². The van der Waals surface area contributed by atoms with E-state index in [9.17, 15) is 0 Å². The van der Waals surface area contributed by atoms with Gasteiger partial charge in [-0.25, -0.2) is 0 Å². The van der Waals surface area contributed by atoms with Gasteiger partial charge in [-0.1, -0.05) is 78.8 Å². The molecule has 0 amide bonds. The van der Waals surface area contributed by atoms with Gasteiger partial charge in [-0.2, -0.15) is 0 Å². The summed E-state index contributed by atoms with van der Waals surface area (Å²) in [5.41, 5.74) is 8.35. The zero-order valence-corrected chi connectivity index (χ0v) is 16.6. The predicted octanol–water partition coefficient (Wildman–Crippen LogP) is 7.37. The van der Waals surface area contributed by atoms with E-state index in [0.717, 1.165) is 25.7 Å². The summed E-state index contributed by atoms with van der Waals surface area (Å²) >= 11 is 0. The Hall–Kier alpha value is -1.82. The van der Waals surface area contributed by atoms with Crippen LogP contribution in [0.25, 0.3) is 0 Å². The van der Waals surface area contributed by atoms with E-state index in [1.165, 1.54) is 34.3 Å². The molecule has 1 aliphatic rings. The summed E-state index contributed by atoms with van der Waals surface area (Å²) in [5, 5.41) is 0. The Kier molecular flexibility index (Phi) is 7.05. The third-order valence-corrected chi connectivity index (χ3v) is 5.47. The second-order valence-electron chi connectivity index (χ2n) is 7.71. The molecule has 0 nitrogen and oxygen atoms in total. The molecule has 0 saturated carbocycles. The van der Waals surface area contributed by atoms with Gasteiger partial charge in [0.2, 0.25) is 0 Å². The number of benzene rings is 1. The maximum absolute atomic E-state index is 4.40. The van der Waals surface area contributed by atoms with E-state index < -0.39 is 0 Å². The molecule has 0 fully saturated rings. The molecular weight excluding hydrogens is 300 g/mol. The van der Waals surface area contributed by atoms with Crippen LogP contribution in [0.2, 0.25) is 0 Å². The van der Waals surface area contributed by atoms with Crippen molar-refractivity contribution < 1.29 is 0 Å². The van der Waals surface area contributed by atoms with Gasteiger partial charge in [-0.3, -0.25) is 0 Å². The second kappa shape index (κ2) is 9.04. The fourth-order valence-electron chi connectivity index (χ4n) is 3.98. The van der Waals surface area contributed by atoms with E-state index in [0.29, 0.717) is 11.8 Å². The molecule has 2 atom stereocenters. The lowest BCUT2D eigenvalue weighted by molar-refractivity contribution is 0.534. The molecule has 0 saturated heterocycles. The molecule has 1 aromatic carbocycles. The second-order valence-corrected chi connectivity index (χ2v) is 7.71. The van der Waals surface area contributed by atoms with Crippen molar-refractivity contribution in [3.05, 3.63) is 83.0 Å². The molecule has 2 rings (SSSR count). The third kappa shape index (κ3) is 5.33. The average molecular weight is 335 g/mol. The monoisotopic (exact) mass is 334 g/mol. The van der Waals surface area contributed by atoms with E-state index >= 15 is 0 Å². The summed E-state index contributed by atoms with van der Waals surface area (Å²) in [4.78, 5) is 0. The number of allylic oxidation sites excluding steroid dienone is 6. The number of rotatable bonds is 7. The third-order valence-electron chi connectivity index (χ3n) is 5.47. The largest absolute Gasteiger partial charge is 0.0998 e. The molecule has 25 heavy (non-hydrogen) atoms. The summed E-state index contributed by atoms with van der Waals surface area (Å²) in [6.07, 6.45) is 10.4. The molecule has 0 heterocycles. The molecule has 1 aromatic rings. The molecule has 0 bridgehead atoms. The number of hydrogen-bond acceptors (Lipinski definition) is 0. The van der Waals surface area contributed by atoms with Gasteiger partial charge in [0.15, 0.2) is 0 Å². The van der Waals surface area contributed by atoms with Gasteiger partial charge < -0.3 is 0 Å². The minimum absolute atomic E-state index is 0.484. The van der Waals surface area contributed by atoms with Crippen LogP contribution in [0.1, 0.15) is 57.6 Å². The van der Waals surface area contributed by atoms with Crippen molar-refractivity contribution in [2.75, 3.05) is 0 Å². The summed E-state index contributed by atoms with van der Waals surface area (Å²) in [5.74, 6) is 1.12. The molecule has 134 valence electrons. The minimum Gasteiger partial charge on any atom is -0.0998 e. The SMILES string of the molecule is C=C(CCCc1ccc(C)cc1)CC1C(C(=C)C)=CCC(C)/C1=C\C. The van der Waals surface area contributed by atoms with Crippen LogP contribution in [0.15, 0.2) is 71.9 Å². The van der Waals surface area contributed by atoms with E-state index in [1.807, 2.05) is 0 Å². The van der Waals surface area contributed by atoms with E-state index in [4.69, 9.17) is 0 Å².